The van der Waals surface area contributed by atoms with Gasteiger partial charge in [-0.25, -0.2) is 0 Å². The van der Waals surface area contributed by atoms with Gasteiger partial charge in [0.05, 0.1) is 6.20 Å². The van der Waals surface area contributed by atoms with Gasteiger partial charge >= 0.3 is 0 Å². The number of nitrogens with zero attached hydrogens (tertiary/aromatic N) is 3. The Labute approximate surface area is 118 Å². The molecule has 1 aromatic heterocycles. The van der Waals surface area contributed by atoms with Gasteiger partial charge in [0.1, 0.15) is 6.04 Å². The Balaban J connectivity index is 1.76. The second-order valence-corrected chi connectivity index (χ2v) is 5.20. The summed E-state index contributed by atoms with van der Waals surface area (Å²) in [5.41, 5.74) is 9.36. The van der Waals surface area contributed by atoms with E-state index in [-0.39, 0.29) is 5.91 Å². The third-order valence-corrected chi connectivity index (χ3v) is 3.79. The van der Waals surface area contributed by atoms with E-state index in [1.54, 1.807) is 17.1 Å². The van der Waals surface area contributed by atoms with Gasteiger partial charge in [-0.15, -0.1) is 0 Å². The van der Waals surface area contributed by atoms with Crippen LogP contribution in [-0.4, -0.2) is 27.1 Å². The van der Waals surface area contributed by atoms with E-state index in [2.05, 4.69) is 17.2 Å². The molecule has 1 aliphatic heterocycles. The highest BCUT2D eigenvalue weighted by molar-refractivity contribution is 5.83. The molecular weight excluding hydrogens is 252 g/mol. The largest absolute Gasteiger partial charge is 0.336 e. The van der Waals surface area contributed by atoms with Gasteiger partial charge in [0.25, 0.3) is 0 Å². The molecule has 3 rings (SSSR count). The Hall–Kier alpha value is -2.14. The molecule has 20 heavy (non-hydrogen) atoms. The standard InChI is InChI=1S/C15H18N4O/c1-18-9-13(8-17-18)14(16)15(20)19-7-6-11-4-2-3-5-12(11)10-19/h2-5,8-9,14H,6-7,10,16H2,1H3. The van der Waals surface area contributed by atoms with Gasteiger partial charge < -0.3 is 10.6 Å². The summed E-state index contributed by atoms with van der Waals surface area (Å²) in [4.78, 5) is 14.3. The average Bonchev–Trinajstić information content (AvgIpc) is 2.92. The quantitative estimate of drug-likeness (QED) is 0.885. The molecule has 1 aromatic carbocycles. The highest BCUT2D eigenvalue weighted by atomic mass is 16.2. The van der Waals surface area contributed by atoms with E-state index in [1.165, 1.54) is 11.1 Å². The maximum atomic E-state index is 12.5. The molecule has 5 nitrogen and oxygen atoms in total. The molecule has 2 N–H and O–H groups in total. The van der Waals surface area contributed by atoms with Crippen molar-refractivity contribution < 1.29 is 4.79 Å². The molecule has 0 spiro atoms. The number of rotatable bonds is 2. The molecule has 1 amide bonds. The number of amides is 1. The summed E-state index contributed by atoms with van der Waals surface area (Å²) >= 11 is 0. The van der Waals surface area contributed by atoms with E-state index in [4.69, 9.17) is 5.73 Å². The van der Waals surface area contributed by atoms with Crippen molar-refractivity contribution >= 4 is 5.91 Å². The molecule has 5 heteroatoms. The van der Waals surface area contributed by atoms with Crippen LogP contribution in [0.25, 0.3) is 0 Å². The maximum absolute atomic E-state index is 12.5. The number of carbonyl (C=O) groups is 1. The summed E-state index contributed by atoms with van der Waals surface area (Å²) in [6.45, 7) is 1.37. The number of nitrogens with two attached hydrogens (primary N) is 1. The first kappa shape index (κ1) is 12.9. The van der Waals surface area contributed by atoms with Crippen LogP contribution in [0, 0.1) is 0 Å². The van der Waals surface area contributed by atoms with Crippen molar-refractivity contribution in [3.8, 4) is 0 Å². The summed E-state index contributed by atoms with van der Waals surface area (Å²) in [5, 5.41) is 4.07. The molecule has 0 aliphatic carbocycles. The lowest BCUT2D eigenvalue weighted by Crippen LogP contribution is -2.41. The minimum Gasteiger partial charge on any atom is -0.336 e. The molecule has 0 bridgehead atoms. The highest BCUT2D eigenvalue weighted by Crippen LogP contribution is 2.21. The van der Waals surface area contributed by atoms with Gasteiger partial charge in [-0.3, -0.25) is 9.48 Å². The molecule has 2 aromatic rings. The smallest absolute Gasteiger partial charge is 0.244 e. The summed E-state index contributed by atoms with van der Waals surface area (Å²) < 4.78 is 1.66. The molecule has 0 saturated carbocycles. The fourth-order valence-electron chi connectivity index (χ4n) is 2.62. The molecule has 0 radical (unpaired) electrons. The molecule has 2 heterocycles. The Morgan fingerprint density at radius 1 is 1.35 bits per heavy atom. The van der Waals surface area contributed by atoms with Crippen molar-refractivity contribution in [2.24, 2.45) is 12.8 Å². The van der Waals surface area contributed by atoms with Gasteiger partial charge in [-0.1, -0.05) is 24.3 Å². The minimum atomic E-state index is -0.631. The van der Waals surface area contributed by atoms with Crippen LogP contribution < -0.4 is 5.73 Å². The molecule has 1 aliphatic rings. The Bertz CT molecular complexity index is 634. The summed E-state index contributed by atoms with van der Waals surface area (Å²) in [7, 11) is 1.82. The van der Waals surface area contributed by atoms with Gasteiger partial charge in [-0.2, -0.15) is 5.10 Å². The summed E-state index contributed by atoms with van der Waals surface area (Å²) in [6.07, 6.45) is 4.34. The van der Waals surface area contributed by atoms with Crippen molar-refractivity contribution in [3.63, 3.8) is 0 Å². The SMILES string of the molecule is Cn1cc(C(N)C(=O)N2CCc3ccccc3C2)cn1. The Kier molecular flexibility index (Phi) is 3.28. The molecule has 0 saturated heterocycles. The van der Waals surface area contributed by atoms with Crippen LogP contribution in [-0.2, 0) is 24.8 Å². The number of hydrogen-bond acceptors (Lipinski definition) is 3. The van der Waals surface area contributed by atoms with E-state index in [9.17, 15) is 4.79 Å². The van der Waals surface area contributed by atoms with Crippen LogP contribution in [0.4, 0.5) is 0 Å². The first-order valence-electron chi connectivity index (χ1n) is 6.75. The zero-order chi connectivity index (χ0) is 14.1. The number of aromatic nitrogens is 2. The lowest BCUT2D eigenvalue weighted by molar-refractivity contribution is -0.133. The van der Waals surface area contributed by atoms with Crippen LogP contribution in [0.5, 0.6) is 0 Å². The van der Waals surface area contributed by atoms with Crippen LogP contribution >= 0.6 is 0 Å². The number of aryl methyl sites for hydroxylation is 1. The monoisotopic (exact) mass is 270 g/mol. The van der Waals surface area contributed by atoms with Crippen molar-refractivity contribution in [1.29, 1.82) is 0 Å². The molecular formula is C15H18N4O. The van der Waals surface area contributed by atoms with Crippen LogP contribution in [0.1, 0.15) is 22.7 Å². The zero-order valence-electron chi connectivity index (χ0n) is 11.5. The van der Waals surface area contributed by atoms with E-state index >= 15 is 0 Å². The second-order valence-electron chi connectivity index (χ2n) is 5.20. The van der Waals surface area contributed by atoms with Gasteiger partial charge in [0.2, 0.25) is 5.91 Å². The predicted octanol–water partition coefficient (Wildman–Crippen LogP) is 1.00. The lowest BCUT2D eigenvalue weighted by atomic mass is 9.99. The molecule has 104 valence electrons. The van der Waals surface area contributed by atoms with Crippen LogP contribution in [0.2, 0.25) is 0 Å². The van der Waals surface area contributed by atoms with E-state index < -0.39 is 6.04 Å². The third-order valence-electron chi connectivity index (χ3n) is 3.79. The van der Waals surface area contributed by atoms with Crippen molar-refractivity contribution in [1.82, 2.24) is 14.7 Å². The fourth-order valence-corrected chi connectivity index (χ4v) is 2.62. The molecule has 1 atom stereocenters. The fraction of sp³-hybridized carbons (Fsp3) is 0.333. The van der Waals surface area contributed by atoms with Gasteiger partial charge in [0, 0.05) is 31.9 Å². The number of benzene rings is 1. The second kappa shape index (κ2) is 5.09. The van der Waals surface area contributed by atoms with Gasteiger partial charge in [0.15, 0.2) is 0 Å². The summed E-state index contributed by atoms with van der Waals surface area (Å²) in [5.74, 6) is -0.0347. The van der Waals surface area contributed by atoms with Crippen molar-refractivity contribution in [2.45, 2.75) is 19.0 Å². The Morgan fingerprint density at radius 2 is 2.10 bits per heavy atom. The zero-order valence-corrected chi connectivity index (χ0v) is 11.5. The average molecular weight is 270 g/mol. The van der Waals surface area contributed by atoms with E-state index in [0.717, 1.165) is 18.5 Å². The Morgan fingerprint density at radius 3 is 2.80 bits per heavy atom. The first-order chi connectivity index (χ1) is 9.65. The topological polar surface area (TPSA) is 64.2 Å². The first-order valence-corrected chi connectivity index (χ1v) is 6.75. The van der Waals surface area contributed by atoms with Crippen LogP contribution in [0.3, 0.4) is 0 Å². The third kappa shape index (κ3) is 2.32. The minimum absolute atomic E-state index is 0.0347. The summed E-state index contributed by atoms with van der Waals surface area (Å²) in [6, 6.07) is 7.61. The maximum Gasteiger partial charge on any atom is 0.244 e. The number of carbonyl (C=O) groups excluding carboxylic acids is 1. The van der Waals surface area contributed by atoms with Gasteiger partial charge in [-0.05, 0) is 17.5 Å². The van der Waals surface area contributed by atoms with E-state index in [0.29, 0.717) is 6.54 Å². The number of fused-ring (bicyclic) bond motifs is 1. The number of hydrogen-bond donors (Lipinski definition) is 1. The molecule has 0 fully saturated rings. The van der Waals surface area contributed by atoms with Crippen LogP contribution in [0.15, 0.2) is 36.7 Å². The molecule has 1 unspecified atom stereocenters. The van der Waals surface area contributed by atoms with Crippen molar-refractivity contribution in [3.05, 3.63) is 53.3 Å². The predicted molar refractivity (Wildman–Crippen MR) is 75.7 cm³/mol. The normalized spacial score (nSPS) is 15.8. The van der Waals surface area contributed by atoms with Crippen molar-refractivity contribution in [2.75, 3.05) is 6.54 Å². The highest BCUT2D eigenvalue weighted by Gasteiger charge is 2.26. The lowest BCUT2D eigenvalue weighted by Gasteiger charge is -2.30. The van der Waals surface area contributed by atoms with E-state index in [1.807, 2.05) is 24.1 Å².